The van der Waals surface area contributed by atoms with E-state index in [1.54, 1.807) is 6.26 Å². The topological polar surface area (TPSA) is 68.9 Å². The average molecular weight is 360 g/mol. The number of fused-ring (bicyclic) bond motifs is 2. The molecule has 1 N–H and O–H groups in total. The Bertz CT molecular complexity index is 741. The van der Waals surface area contributed by atoms with E-state index in [9.17, 15) is 9.90 Å². The van der Waals surface area contributed by atoms with Gasteiger partial charge in [-0.15, -0.1) is 0 Å². The lowest BCUT2D eigenvalue weighted by Gasteiger charge is -2.59. The highest BCUT2D eigenvalue weighted by molar-refractivity contribution is 5.77. The molecule has 142 valence electrons. The van der Waals surface area contributed by atoms with Gasteiger partial charge < -0.3 is 19.0 Å². The van der Waals surface area contributed by atoms with Crippen molar-refractivity contribution < 1.29 is 23.8 Å². The number of esters is 1. The first-order chi connectivity index (χ1) is 12.4. The highest BCUT2D eigenvalue weighted by Gasteiger charge is 2.71. The van der Waals surface area contributed by atoms with Gasteiger partial charge in [0.05, 0.1) is 18.8 Å². The summed E-state index contributed by atoms with van der Waals surface area (Å²) in [7, 11) is 1.47. The van der Waals surface area contributed by atoms with Crippen LogP contribution < -0.4 is 0 Å². The smallest absolute Gasteiger partial charge is 0.311 e. The second-order valence-electron chi connectivity index (χ2n) is 9.13. The Morgan fingerprint density at radius 2 is 2.15 bits per heavy atom. The summed E-state index contributed by atoms with van der Waals surface area (Å²) in [5, 5.41) is 11.2. The van der Waals surface area contributed by atoms with E-state index in [1.807, 2.05) is 6.92 Å². The molecular formula is C21H28O5. The minimum Gasteiger partial charge on any atom is -0.469 e. The van der Waals surface area contributed by atoms with Crippen molar-refractivity contribution >= 4 is 5.97 Å². The monoisotopic (exact) mass is 360 g/mol. The Labute approximate surface area is 154 Å². The van der Waals surface area contributed by atoms with E-state index in [0.717, 1.165) is 37.9 Å². The SMILES string of the molecule is COC(=O)[C@]1(C)CCC[C@]23[C@@H]4[C@@H](CC[C@H]21)[C@@H](C)c1ccoc1[C@H]4O[C@@H]3O. The van der Waals surface area contributed by atoms with Gasteiger partial charge in [-0.1, -0.05) is 13.3 Å². The zero-order chi connectivity index (χ0) is 18.3. The Morgan fingerprint density at radius 3 is 2.92 bits per heavy atom. The lowest BCUT2D eigenvalue weighted by atomic mass is 9.43. The number of ether oxygens (including phenoxy) is 2. The molecule has 2 saturated carbocycles. The van der Waals surface area contributed by atoms with Crippen LogP contribution in [0.1, 0.15) is 69.3 Å². The van der Waals surface area contributed by atoms with Gasteiger partial charge in [-0.05, 0) is 62.0 Å². The molecule has 1 saturated heterocycles. The number of carbonyl (C=O) groups is 1. The Balaban J connectivity index is 1.66. The van der Waals surface area contributed by atoms with Crippen LogP contribution in [0.3, 0.4) is 0 Å². The van der Waals surface area contributed by atoms with Crippen LogP contribution in [0.2, 0.25) is 0 Å². The molecule has 0 bridgehead atoms. The highest BCUT2D eigenvalue weighted by Crippen LogP contribution is 2.72. The van der Waals surface area contributed by atoms with Crippen molar-refractivity contribution in [3.05, 3.63) is 23.7 Å². The van der Waals surface area contributed by atoms with Gasteiger partial charge in [0.15, 0.2) is 6.29 Å². The molecular weight excluding hydrogens is 332 g/mol. The number of hydrogen-bond donors (Lipinski definition) is 1. The predicted molar refractivity (Wildman–Crippen MR) is 93.1 cm³/mol. The van der Waals surface area contributed by atoms with Crippen molar-refractivity contribution in [3.63, 3.8) is 0 Å². The van der Waals surface area contributed by atoms with Gasteiger partial charge in [-0.2, -0.15) is 0 Å². The van der Waals surface area contributed by atoms with E-state index < -0.39 is 11.7 Å². The first-order valence-electron chi connectivity index (χ1n) is 9.94. The molecule has 0 unspecified atom stereocenters. The van der Waals surface area contributed by atoms with Crippen molar-refractivity contribution in [3.8, 4) is 0 Å². The number of hydrogen-bond acceptors (Lipinski definition) is 5. The zero-order valence-corrected chi connectivity index (χ0v) is 15.7. The largest absolute Gasteiger partial charge is 0.469 e. The molecule has 1 aromatic rings. The summed E-state index contributed by atoms with van der Waals surface area (Å²) < 4.78 is 17.2. The molecule has 1 spiro atoms. The molecule has 4 aliphatic rings. The molecule has 1 aromatic heterocycles. The lowest BCUT2D eigenvalue weighted by molar-refractivity contribution is -0.206. The number of furan rings is 1. The Hall–Kier alpha value is -1.33. The molecule has 0 radical (unpaired) electrons. The fourth-order valence-electron chi connectivity index (χ4n) is 7.38. The number of aliphatic hydroxyl groups excluding tert-OH is 1. The summed E-state index contributed by atoms with van der Waals surface area (Å²) in [5.41, 5.74) is 0.294. The summed E-state index contributed by atoms with van der Waals surface area (Å²) in [6.45, 7) is 4.31. The molecule has 3 fully saturated rings. The third-order valence-corrected chi connectivity index (χ3v) is 8.43. The first kappa shape index (κ1) is 16.8. The maximum Gasteiger partial charge on any atom is 0.311 e. The maximum absolute atomic E-state index is 12.7. The molecule has 26 heavy (non-hydrogen) atoms. The fourth-order valence-corrected chi connectivity index (χ4v) is 7.38. The van der Waals surface area contributed by atoms with E-state index in [4.69, 9.17) is 13.9 Å². The summed E-state index contributed by atoms with van der Waals surface area (Å²) in [4.78, 5) is 12.7. The second kappa shape index (κ2) is 5.35. The number of carbonyl (C=O) groups excluding carboxylic acids is 1. The molecule has 8 atom stereocenters. The van der Waals surface area contributed by atoms with Gasteiger partial charge in [0.2, 0.25) is 0 Å². The molecule has 2 heterocycles. The molecule has 5 rings (SSSR count). The quantitative estimate of drug-likeness (QED) is 0.772. The third-order valence-electron chi connectivity index (χ3n) is 8.43. The van der Waals surface area contributed by atoms with E-state index >= 15 is 0 Å². The zero-order valence-electron chi connectivity index (χ0n) is 15.7. The minimum absolute atomic E-state index is 0.0844. The van der Waals surface area contributed by atoms with Crippen molar-refractivity contribution in [1.82, 2.24) is 0 Å². The van der Waals surface area contributed by atoms with E-state index in [1.165, 1.54) is 12.7 Å². The Kier molecular flexibility index (Phi) is 3.46. The van der Waals surface area contributed by atoms with E-state index in [2.05, 4.69) is 13.0 Å². The molecule has 5 heteroatoms. The number of methoxy groups -OCH3 is 1. The van der Waals surface area contributed by atoms with Crippen LogP contribution in [-0.2, 0) is 14.3 Å². The maximum atomic E-state index is 12.7. The van der Waals surface area contributed by atoms with Gasteiger partial charge in [0.1, 0.15) is 11.9 Å². The van der Waals surface area contributed by atoms with Crippen molar-refractivity contribution in [2.45, 2.75) is 64.3 Å². The number of rotatable bonds is 1. The van der Waals surface area contributed by atoms with E-state index in [-0.39, 0.29) is 29.3 Å². The third kappa shape index (κ3) is 1.76. The van der Waals surface area contributed by atoms with Gasteiger partial charge in [-0.25, -0.2) is 0 Å². The lowest BCUT2D eigenvalue weighted by Crippen LogP contribution is -2.59. The van der Waals surface area contributed by atoms with Crippen LogP contribution in [0, 0.1) is 28.6 Å². The summed E-state index contributed by atoms with van der Waals surface area (Å²) in [6.07, 6.45) is 5.35. The fraction of sp³-hybridized carbons (Fsp3) is 0.762. The van der Waals surface area contributed by atoms with Crippen LogP contribution >= 0.6 is 0 Å². The molecule has 0 aromatic carbocycles. The van der Waals surface area contributed by atoms with Crippen LogP contribution in [0.4, 0.5) is 0 Å². The normalized spacial score (nSPS) is 49.1. The average Bonchev–Trinajstić information content (AvgIpc) is 3.23. The molecule has 5 nitrogen and oxygen atoms in total. The predicted octanol–water partition coefficient (Wildman–Crippen LogP) is 3.78. The summed E-state index contributed by atoms with van der Waals surface area (Å²) in [6, 6.07) is 2.06. The Morgan fingerprint density at radius 1 is 1.35 bits per heavy atom. The summed E-state index contributed by atoms with van der Waals surface area (Å²) >= 11 is 0. The molecule has 3 aliphatic carbocycles. The highest BCUT2D eigenvalue weighted by atomic mass is 16.6. The van der Waals surface area contributed by atoms with Gasteiger partial charge in [0.25, 0.3) is 0 Å². The van der Waals surface area contributed by atoms with Crippen LogP contribution in [0.25, 0.3) is 0 Å². The van der Waals surface area contributed by atoms with Crippen LogP contribution in [-0.4, -0.2) is 24.5 Å². The minimum atomic E-state index is -0.849. The van der Waals surface area contributed by atoms with Gasteiger partial charge in [-0.3, -0.25) is 4.79 Å². The summed E-state index contributed by atoms with van der Waals surface area (Å²) in [5.74, 6) is 1.88. The van der Waals surface area contributed by atoms with Crippen LogP contribution in [0.5, 0.6) is 0 Å². The first-order valence-corrected chi connectivity index (χ1v) is 9.94. The van der Waals surface area contributed by atoms with Crippen molar-refractivity contribution in [1.29, 1.82) is 0 Å². The van der Waals surface area contributed by atoms with Gasteiger partial charge in [0, 0.05) is 11.3 Å². The number of aliphatic hydroxyl groups is 1. The molecule has 0 amide bonds. The van der Waals surface area contributed by atoms with E-state index in [0.29, 0.717) is 11.8 Å². The van der Waals surface area contributed by atoms with Crippen LogP contribution in [0.15, 0.2) is 16.7 Å². The van der Waals surface area contributed by atoms with Crippen molar-refractivity contribution in [2.24, 2.45) is 28.6 Å². The second-order valence-corrected chi connectivity index (χ2v) is 9.13. The molecule has 1 aliphatic heterocycles. The van der Waals surface area contributed by atoms with Crippen molar-refractivity contribution in [2.75, 3.05) is 7.11 Å². The standard InChI is InChI=1S/C21H28O5/c1-11-12-5-6-14-20(2,18(22)24-3)8-4-9-21(14)15(12)17(26-19(21)23)16-13(11)7-10-25-16/h7,10-12,14-15,17,19,23H,4-6,8-9H2,1-3H3/t11-,12+,14+,15-,17+,19+,20-,21-/m1/s1. The van der Waals surface area contributed by atoms with Gasteiger partial charge >= 0.3 is 5.97 Å².